The molecule has 0 saturated carbocycles. The highest BCUT2D eigenvalue weighted by atomic mass is 16.5. The Labute approximate surface area is 146 Å². The molecule has 0 bridgehead atoms. The molecule has 0 spiro atoms. The molecule has 1 aliphatic heterocycles. The number of fused-ring (bicyclic) bond motifs is 3. The van der Waals surface area contributed by atoms with Crippen molar-refractivity contribution in [1.82, 2.24) is 14.5 Å². The second kappa shape index (κ2) is 6.47. The molecule has 0 saturated heterocycles. The molecule has 3 aromatic rings. The normalized spacial score (nSPS) is 14.0. The molecule has 0 unspecified atom stereocenters. The predicted octanol–water partition coefficient (Wildman–Crippen LogP) is 3.14. The summed E-state index contributed by atoms with van der Waals surface area (Å²) in [5.41, 5.74) is 2.92. The topological polar surface area (TPSA) is 59.4 Å². The summed E-state index contributed by atoms with van der Waals surface area (Å²) < 4.78 is 7.35. The van der Waals surface area contributed by atoms with Gasteiger partial charge in [0.25, 0.3) is 0 Å². The Bertz CT molecular complexity index is 901. The van der Waals surface area contributed by atoms with Crippen molar-refractivity contribution >= 4 is 22.8 Å². The van der Waals surface area contributed by atoms with Crippen molar-refractivity contribution in [2.24, 2.45) is 0 Å². The summed E-state index contributed by atoms with van der Waals surface area (Å²) in [6, 6.07) is 15.4. The standard InChI is InChI=1S/C19H20N4O2/c1-25-15-8-6-14(7-9-15)20-19(24)22-11-10-18-21-16-4-2-3-5-17(16)23(18)13-12-22/h2-9H,10-13H2,1H3,(H,20,24). The first-order valence-electron chi connectivity index (χ1n) is 8.39. The summed E-state index contributed by atoms with van der Waals surface area (Å²) in [4.78, 5) is 19.1. The number of ether oxygens (including phenoxy) is 1. The van der Waals surface area contributed by atoms with Crippen molar-refractivity contribution in [3.8, 4) is 5.75 Å². The number of nitrogens with zero attached hydrogens (tertiary/aromatic N) is 3. The van der Waals surface area contributed by atoms with Gasteiger partial charge in [0.1, 0.15) is 11.6 Å². The Morgan fingerprint density at radius 3 is 2.68 bits per heavy atom. The van der Waals surface area contributed by atoms with Gasteiger partial charge in [-0.1, -0.05) is 12.1 Å². The van der Waals surface area contributed by atoms with E-state index in [1.54, 1.807) is 7.11 Å². The van der Waals surface area contributed by atoms with Gasteiger partial charge in [-0.25, -0.2) is 9.78 Å². The average Bonchev–Trinajstić information content (AvgIpc) is 2.86. The molecular formula is C19H20N4O2. The zero-order chi connectivity index (χ0) is 17.2. The summed E-state index contributed by atoms with van der Waals surface area (Å²) in [6.07, 6.45) is 0.755. The lowest BCUT2D eigenvalue weighted by Crippen LogP contribution is -2.37. The first-order chi connectivity index (χ1) is 12.2. The van der Waals surface area contributed by atoms with Gasteiger partial charge in [-0.15, -0.1) is 0 Å². The number of para-hydroxylation sites is 2. The minimum absolute atomic E-state index is 0.0831. The van der Waals surface area contributed by atoms with Crippen LogP contribution in [-0.4, -0.2) is 40.7 Å². The van der Waals surface area contributed by atoms with Crippen molar-refractivity contribution in [1.29, 1.82) is 0 Å². The largest absolute Gasteiger partial charge is 0.497 e. The SMILES string of the molecule is COc1ccc(NC(=O)N2CCc3nc4ccccc4n3CC2)cc1. The van der Waals surface area contributed by atoms with Gasteiger partial charge < -0.3 is 19.5 Å². The molecule has 2 amide bonds. The van der Waals surface area contributed by atoms with Crippen molar-refractivity contribution < 1.29 is 9.53 Å². The van der Waals surface area contributed by atoms with E-state index in [9.17, 15) is 4.79 Å². The number of rotatable bonds is 2. The van der Waals surface area contributed by atoms with E-state index in [-0.39, 0.29) is 6.03 Å². The second-order valence-electron chi connectivity index (χ2n) is 6.06. The van der Waals surface area contributed by atoms with Crippen LogP contribution in [0.2, 0.25) is 0 Å². The van der Waals surface area contributed by atoms with E-state index < -0.39 is 0 Å². The third kappa shape index (κ3) is 3.03. The van der Waals surface area contributed by atoms with Crippen LogP contribution >= 0.6 is 0 Å². The molecular weight excluding hydrogens is 316 g/mol. The smallest absolute Gasteiger partial charge is 0.321 e. The number of hydrogen-bond donors (Lipinski definition) is 1. The number of aromatic nitrogens is 2. The van der Waals surface area contributed by atoms with Crippen molar-refractivity contribution in [3.63, 3.8) is 0 Å². The predicted molar refractivity (Wildman–Crippen MR) is 97.0 cm³/mol. The Hall–Kier alpha value is -3.02. The lowest BCUT2D eigenvalue weighted by molar-refractivity contribution is 0.213. The van der Waals surface area contributed by atoms with Crippen LogP contribution in [0, 0.1) is 0 Å². The van der Waals surface area contributed by atoms with Gasteiger partial charge >= 0.3 is 6.03 Å². The Kier molecular flexibility index (Phi) is 4.01. The molecule has 2 aromatic carbocycles. The number of hydrogen-bond acceptors (Lipinski definition) is 3. The highest BCUT2D eigenvalue weighted by Gasteiger charge is 2.20. The highest BCUT2D eigenvalue weighted by molar-refractivity contribution is 5.89. The van der Waals surface area contributed by atoms with Gasteiger partial charge in [-0.2, -0.15) is 0 Å². The first-order valence-corrected chi connectivity index (χ1v) is 8.39. The molecule has 128 valence electrons. The van der Waals surface area contributed by atoms with Crippen LogP contribution in [0.25, 0.3) is 11.0 Å². The van der Waals surface area contributed by atoms with Gasteiger partial charge in [0.15, 0.2) is 0 Å². The van der Waals surface area contributed by atoms with Crippen LogP contribution in [0.3, 0.4) is 0 Å². The maximum atomic E-state index is 12.6. The molecule has 0 fully saturated rings. The van der Waals surface area contributed by atoms with Gasteiger partial charge in [0, 0.05) is 31.7 Å². The Morgan fingerprint density at radius 1 is 1.08 bits per heavy atom. The molecule has 4 rings (SSSR count). The zero-order valence-corrected chi connectivity index (χ0v) is 14.1. The lowest BCUT2D eigenvalue weighted by atomic mass is 10.3. The maximum absolute atomic E-state index is 12.6. The summed E-state index contributed by atoms with van der Waals surface area (Å²) in [5, 5.41) is 2.95. The molecule has 0 aliphatic carbocycles. The van der Waals surface area contributed by atoms with E-state index in [0.717, 1.165) is 41.3 Å². The van der Waals surface area contributed by atoms with Crippen molar-refractivity contribution in [2.75, 3.05) is 25.5 Å². The van der Waals surface area contributed by atoms with Crippen LogP contribution in [0.1, 0.15) is 5.82 Å². The summed E-state index contributed by atoms with van der Waals surface area (Å²) in [7, 11) is 1.62. The van der Waals surface area contributed by atoms with Crippen LogP contribution in [-0.2, 0) is 13.0 Å². The van der Waals surface area contributed by atoms with Gasteiger partial charge in [0.2, 0.25) is 0 Å². The van der Waals surface area contributed by atoms with E-state index in [1.807, 2.05) is 47.4 Å². The molecule has 0 atom stereocenters. The number of benzene rings is 2. The second-order valence-corrected chi connectivity index (χ2v) is 6.06. The fourth-order valence-corrected chi connectivity index (χ4v) is 3.21. The van der Waals surface area contributed by atoms with Gasteiger partial charge in [-0.3, -0.25) is 0 Å². The number of amides is 2. The number of imidazole rings is 1. The summed E-state index contributed by atoms with van der Waals surface area (Å²) in [5.74, 6) is 1.81. The molecule has 6 nitrogen and oxygen atoms in total. The quantitative estimate of drug-likeness (QED) is 0.782. The summed E-state index contributed by atoms with van der Waals surface area (Å²) in [6.45, 7) is 2.08. The zero-order valence-electron chi connectivity index (χ0n) is 14.1. The summed E-state index contributed by atoms with van der Waals surface area (Å²) >= 11 is 0. The third-order valence-electron chi connectivity index (χ3n) is 4.56. The number of carbonyl (C=O) groups excluding carboxylic acids is 1. The minimum atomic E-state index is -0.0831. The van der Waals surface area contributed by atoms with E-state index in [4.69, 9.17) is 9.72 Å². The number of anilines is 1. The maximum Gasteiger partial charge on any atom is 0.321 e. The number of nitrogens with one attached hydrogen (secondary N) is 1. The third-order valence-corrected chi connectivity index (χ3v) is 4.56. The number of methoxy groups -OCH3 is 1. The lowest BCUT2D eigenvalue weighted by Gasteiger charge is -2.20. The van der Waals surface area contributed by atoms with E-state index >= 15 is 0 Å². The van der Waals surface area contributed by atoms with Crippen LogP contribution < -0.4 is 10.1 Å². The molecule has 1 N–H and O–H groups in total. The first kappa shape index (κ1) is 15.5. The van der Waals surface area contributed by atoms with E-state index in [0.29, 0.717) is 13.1 Å². The van der Waals surface area contributed by atoms with Gasteiger partial charge in [-0.05, 0) is 36.4 Å². The van der Waals surface area contributed by atoms with Crippen molar-refractivity contribution in [2.45, 2.75) is 13.0 Å². The fraction of sp³-hybridized carbons (Fsp3) is 0.263. The molecule has 25 heavy (non-hydrogen) atoms. The number of carbonyl (C=O) groups is 1. The van der Waals surface area contributed by atoms with E-state index in [2.05, 4.69) is 16.0 Å². The highest BCUT2D eigenvalue weighted by Crippen LogP contribution is 2.20. The van der Waals surface area contributed by atoms with Crippen LogP contribution in [0.15, 0.2) is 48.5 Å². The molecule has 0 radical (unpaired) electrons. The van der Waals surface area contributed by atoms with Crippen LogP contribution in [0.5, 0.6) is 5.75 Å². The fourth-order valence-electron chi connectivity index (χ4n) is 3.21. The average molecular weight is 336 g/mol. The van der Waals surface area contributed by atoms with E-state index in [1.165, 1.54) is 0 Å². The molecule has 1 aromatic heterocycles. The monoisotopic (exact) mass is 336 g/mol. The van der Waals surface area contributed by atoms with Crippen LogP contribution in [0.4, 0.5) is 10.5 Å². The Balaban J connectivity index is 1.46. The van der Waals surface area contributed by atoms with Gasteiger partial charge in [0.05, 0.1) is 18.1 Å². The van der Waals surface area contributed by atoms with Crippen molar-refractivity contribution in [3.05, 3.63) is 54.4 Å². The minimum Gasteiger partial charge on any atom is -0.497 e. The molecule has 1 aliphatic rings. The molecule has 6 heteroatoms. The number of urea groups is 1. The molecule has 2 heterocycles. The Morgan fingerprint density at radius 2 is 1.88 bits per heavy atom.